The van der Waals surface area contributed by atoms with Gasteiger partial charge in [-0.3, -0.25) is 0 Å². The molecule has 0 bridgehead atoms. The molecule has 0 aromatic heterocycles. The van der Waals surface area contributed by atoms with Crippen LogP contribution in [0.3, 0.4) is 0 Å². The van der Waals surface area contributed by atoms with Gasteiger partial charge < -0.3 is 20.4 Å². The molecular formula is C25H36O4. The molecule has 0 spiro atoms. The highest BCUT2D eigenvalue weighted by atomic mass is 16.3. The van der Waals surface area contributed by atoms with Gasteiger partial charge in [0.1, 0.15) is 0 Å². The molecule has 160 valence electrons. The number of hydrogen-bond acceptors (Lipinski definition) is 4. The Labute approximate surface area is 174 Å². The van der Waals surface area contributed by atoms with Gasteiger partial charge in [0.2, 0.25) is 0 Å². The molecule has 2 rings (SSSR count). The third-order valence-corrected chi connectivity index (χ3v) is 5.39. The summed E-state index contributed by atoms with van der Waals surface area (Å²) in [4.78, 5) is 0. The van der Waals surface area contributed by atoms with Crippen LogP contribution in [0.1, 0.15) is 78.3 Å². The fourth-order valence-corrected chi connectivity index (χ4v) is 3.87. The standard InChI is InChI=1S/C25H36O4/c26-16-22-10-20(11-23(14-22)17-27)8-6-4-2-1-3-5-7-9-21-12-24(18-28)15-25(13-21)19-29/h10-15,26-29H,1-9,16-19H2. The average molecular weight is 401 g/mol. The van der Waals surface area contributed by atoms with E-state index < -0.39 is 0 Å². The van der Waals surface area contributed by atoms with E-state index in [0.29, 0.717) is 0 Å². The highest BCUT2D eigenvalue weighted by molar-refractivity contribution is 5.30. The molecule has 2 aromatic carbocycles. The molecule has 2 aromatic rings. The lowest BCUT2D eigenvalue weighted by Crippen LogP contribution is -1.95. The lowest BCUT2D eigenvalue weighted by Gasteiger charge is -2.08. The van der Waals surface area contributed by atoms with Crippen molar-refractivity contribution in [3.63, 3.8) is 0 Å². The van der Waals surface area contributed by atoms with Crippen LogP contribution in [-0.4, -0.2) is 20.4 Å². The number of aryl methyl sites for hydroxylation is 2. The Morgan fingerprint density at radius 2 is 0.586 bits per heavy atom. The van der Waals surface area contributed by atoms with Gasteiger partial charge in [0.15, 0.2) is 0 Å². The van der Waals surface area contributed by atoms with Crippen LogP contribution in [-0.2, 0) is 39.3 Å². The summed E-state index contributed by atoms with van der Waals surface area (Å²) in [6.45, 7) is 0.0811. The van der Waals surface area contributed by atoms with Crippen LogP contribution >= 0.6 is 0 Å². The maximum absolute atomic E-state index is 9.32. The SMILES string of the molecule is OCc1cc(CO)cc(CCCCCCCCCc2cc(CO)cc(CO)c2)c1. The molecule has 0 heterocycles. The maximum atomic E-state index is 9.32. The molecular weight excluding hydrogens is 364 g/mol. The predicted molar refractivity (Wildman–Crippen MR) is 116 cm³/mol. The molecule has 0 radical (unpaired) electrons. The molecule has 0 amide bonds. The van der Waals surface area contributed by atoms with Crippen LogP contribution in [0.25, 0.3) is 0 Å². The topological polar surface area (TPSA) is 80.9 Å². The Hall–Kier alpha value is -1.72. The quantitative estimate of drug-likeness (QED) is 0.359. The highest BCUT2D eigenvalue weighted by Crippen LogP contribution is 2.17. The van der Waals surface area contributed by atoms with E-state index in [1.165, 1.54) is 43.2 Å². The molecule has 0 saturated carbocycles. The summed E-state index contributed by atoms with van der Waals surface area (Å²) in [5, 5.41) is 37.3. The summed E-state index contributed by atoms with van der Waals surface area (Å²) in [7, 11) is 0. The Bertz CT molecular complexity index is 621. The van der Waals surface area contributed by atoms with Crippen molar-refractivity contribution < 1.29 is 20.4 Å². The summed E-state index contributed by atoms with van der Waals surface area (Å²) in [5.41, 5.74) is 5.91. The Balaban J connectivity index is 1.58. The van der Waals surface area contributed by atoms with Crippen molar-refractivity contribution in [2.24, 2.45) is 0 Å². The Kier molecular flexibility index (Phi) is 11.0. The number of unbranched alkanes of at least 4 members (excludes halogenated alkanes) is 6. The molecule has 4 N–H and O–H groups in total. The van der Waals surface area contributed by atoms with Crippen molar-refractivity contribution in [1.29, 1.82) is 0 Å². The van der Waals surface area contributed by atoms with E-state index in [-0.39, 0.29) is 26.4 Å². The molecule has 4 heteroatoms. The normalized spacial score (nSPS) is 11.2. The minimum atomic E-state index is 0.0203. The van der Waals surface area contributed by atoms with Crippen LogP contribution < -0.4 is 0 Å². The minimum Gasteiger partial charge on any atom is -0.392 e. The summed E-state index contributed by atoms with van der Waals surface area (Å²) in [6.07, 6.45) is 10.4. The fourth-order valence-electron chi connectivity index (χ4n) is 3.87. The number of aliphatic hydroxyl groups excluding tert-OH is 4. The molecule has 0 saturated heterocycles. The number of hydrogen-bond donors (Lipinski definition) is 4. The van der Waals surface area contributed by atoms with Crippen molar-refractivity contribution in [3.8, 4) is 0 Å². The maximum Gasteiger partial charge on any atom is 0.0682 e. The van der Waals surface area contributed by atoms with E-state index in [1.807, 2.05) is 36.4 Å². The van der Waals surface area contributed by atoms with E-state index in [2.05, 4.69) is 0 Å². The zero-order valence-electron chi connectivity index (χ0n) is 17.4. The van der Waals surface area contributed by atoms with Gasteiger partial charge in [0, 0.05) is 0 Å². The summed E-state index contributed by atoms with van der Waals surface area (Å²) in [5.74, 6) is 0. The first-order valence-electron chi connectivity index (χ1n) is 10.9. The first-order chi connectivity index (χ1) is 14.2. The summed E-state index contributed by atoms with van der Waals surface area (Å²) < 4.78 is 0. The molecule has 0 atom stereocenters. The summed E-state index contributed by atoms with van der Waals surface area (Å²) >= 11 is 0. The Morgan fingerprint density at radius 1 is 0.345 bits per heavy atom. The van der Waals surface area contributed by atoms with E-state index in [4.69, 9.17) is 0 Å². The monoisotopic (exact) mass is 400 g/mol. The first-order valence-corrected chi connectivity index (χ1v) is 10.9. The average Bonchev–Trinajstić information content (AvgIpc) is 2.77. The number of benzene rings is 2. The van der Waals surface area contributed by atoms with Gasteiger partial charge in [-0.25, -0.2) is 0 Å². The number of rotatable bonds is 14. The second-order valence-corrected chi connectivity index (χ2v) is 7.92. The fraction of sp³-hybridized carbons (Fsp3) is 0.520. The van der Waals surface area contributed by atoms with Crippen molar-refractivity contribution in [2.75, 3.05) is 0 Å². The molecule has 29 heavy (non-hydrogen) atoms. The molecule has 0 aliphatic rings. The molecule has 0 unspecified atom stereocenters. The van der Waals surface area contributed by atoms with Crippen molar-refractivity contribution in [2.45, 2.75) is 84.2 Å². The van der Waals surface area contributed by atoms with Crippen molar-refractivity contribution in [3.05, 3.63) is 69.8 Å². The van der Waals surface area contributed by atoms with Crippen molar-refractivity contribution >= 4 is 0 Å². The number of aliphatic hydroxyl groups is 4. The molecule has 0 aliphatic heterocycles. The van der Waals surface area contributed by atoms with Gasteiger partial charge in [0.05, 0.1) is 26.4 Å². The smallest absolute Gasteiger partial charge is 0.0682 e. The van der Waals surface area contributed by atoms with Crippen LogP contribution in [0.2, 0.25) is 0 Å². The van der Waals surface area contributed by atoms with Gasteiger partial charge in [0.25, 0.3) is 0 Å². The minimum absolute atomic E-state index is 0.0203. The zero-order valence-corrected chi connectivity index (χ0v) is 17.4. The third kappa shape index (κ3) is 8.67. The summed E-state index contributed by atoms with van der Waals surface area (Å²) in [6, 6.07) is 11.9. The van der Waals surface area contributed by atoms with Crippen LogP contribution in [0.15, 0.2) is 36.4 Å². The van der Waals surface area contributed by atoms with E-state index >= 15 is 0 Å². The van der Waals surface area contributed by atoms with Gasteiger partial charge >= 0.3 is 0 Å². The van der Waals surface area contributed by atoms with Gasteiger partial charge in [-0.15, -0.1) is 0 Å². The zero-order chi connectivity index (χ0) is 20.9. The second kappa shape index (κ2) is 13.5. The van der Waals surface area contributed by atoms with Crippen LogP contribution in [0.4, 0.5) is 0 Å². The van der Waals surface area contributed by atoms with E-state index in [1.54, 1.807) is 0 Å². The predicted octanol–water partition coefficient (Wildman–Crippen LogP) is 4.17. The lowest BCUT2D eigenvalue weighted by molar-refractivity contribution is 0.274. The van der Waals surface area contributed by atoms with E-state index in [9.17, 15) is 20.4 Å². The molecule has 4 nitrogen and oxygen atoms in total. The van der Waals surface area contributed by atoms with Crippen LogP contribution in [0, 0.1) is 0 Å². The molecule has 0 aliphatic carbocycles. The largest absolute Gasteiger partial charge is 0.392 e. The van der Waals surface area contributed by atoms with Gasteiger partial charge in [-0.1, -0.05) is 68.5 Å². The lowest BCUT2D eigenvalue weighted by atomic mass is 9.99. The second-order valence-electron chi connectivity index (χ2n) is 7.92. The third-order valence-electron chi connectivity index (χ3n) is 5.39. The highest BCUT2D eigenvalue weighted by Gasteiger charge is 2.02. The van der Waals surface area contributed by atoms with Crippen molar-refractivity contribution in [1.82, 2.24) is 0 Å². The Morgan fingerprint density at radius 3 is 0.862 bits per heavy atom. The first kappa shape index (κ1) is 23.6. The molecule has 0 fully saturated rings. The van der Waals surface area contributed by atoms with Crippen LogP contribution in [0.5, 0.6) is 0 Å². The van der Waals surface area contributed by atoms with Gasteiger partial charge in [-0.2, -0.15) is 0 Å². The van der Waals surface area contributed by atoms with Gasteiger partial charge in [-0.05, 0) is 59.1 Å². The van der Waals surface area contributed by atoms with E-state index in [0.717, 1.165) is 47.9 Å².